The van der Waals surface area contributed by atoms with E-state index in [4.69, 9.17) is 14.2 Å². The third-order valence-electron chi connectivity index (χ3n) is 10.7. The largest absolute Gasteiger partial charge is 0.462 e. The Morgan fingerprint density at radius 2 is 0.673 bits per heavy atom. The molecule has 52 heavy (non-hydrogen) atoms. The molecule has 0 bridgehead atoms. The molecule has 0 heterocycles. The molecule has 0 radical (unpaired) electrons. The van der Waals surface area contributed by atoms with Gasteiger partial charge in [-0.15, -0.1) is 0 Å². The van der Waals surface area contributed by atoms with Crippen LogP contribution in [0.4, 0.5) is 0 Å². The molecule has 6 heteroatoms. The minimum Gasteiger partial charge on any atom is -0.462 e. The van der Waals surface area contributed by atoms with Gasteiger partial charge in [0.15, 0.2) is 6.10 Å². The Balaban J connectivity index is 4.13. The van der Waals surface area contributed by atoms with E-state index in [1.807, 2.05) is 0 Å². The van der Waals surface area contributed by atoms with Gasteiger partial charge in [-0.3, -0.25) is 14.4 Å². The maximum atomic E-state index is 12.6. The fourth-order valence-electron chi connectivity index (χ4n) is 6.77. The molecule has 0 aliphatic rings. The van der Waals surface area contributed by atoms with Crippen molar-refractivity contribution in [2.75, 3.05) is 13.2 Å². The first-order chi connectivity index (χ1) is 25.4. The molecule has 0 aliphatic heterocycles. The van der Waals surface area contributed by atoms with E-state index in [1.54, 1.807) is 0 Å². The monoisotopic (exact) mass is 737 g/mol. The molecule has 0 aromatic heterocycles. The fraction of sp³-hybridized carbons (Fsp3) is 0.935. The second-order valence-electron chi connectivity index (χ2n) is 15.9. The van der Waals surface area contributed by atoms with E-state index in [9.17, 15) is 14.4 Å². The van der Waals surface area contributed by atoms with Crippen LogP contribution in [0.3, 0.4) is 0 Å². The van der Waals surface area contributed by atoms with Gasteiger partial charge < -0.3 is 14.2 Å². The lowest BCUT2D eigenvalue weighted by Gasteiger charge is -2.18. The minimum absolute atomic E-state index is 0.0646. The first-order valence-corrected chi connectivity index (χ1v) is 22.9. The number of carbonyl (C=O) groups excluding carboxylic acids is 3. The van der Waals surface area contributed by atoms with Crippen molar-refractivity contribution in [3.63, 3.8) is 0 Å². The molecular weight excluding hydrogens is 648 g/mol. The van der Waals surface area contributed by atoms with Gasteiger partial charge in [-0.05, 0) is 25.2 Å². The molecule has 1 unspecified atom stereocenters. The highest BCUT2D eigenvalue weighted by atomic mass is 16.6. The molecule has 0 saturated heterocycles. The summed E-state index contributed by atoms with van der Waals surface area (Å²) in [6.45, 7) is 8.96. The van der Waals surface area contributed by atoms with Crippen LogP contribution in [0.1, 0.15) is 252 Å². The van der Waals surface area contributed by atoms with Crippen molar-refractivity contribution >= 4 is 17.9 Å². The maximum Gasteiger partial charge on any atom is 0.306 e. The summed E-state index contributed by atoms with van der Waals surface area (Å²) in [4.78, 5) is 37.4. The molecule has 0 rings (SSSR count). The van der Waals surface area contributed by atoms with Crippen molar-refractivity contribution < 1.29 is 28.6 Å². The van der Waals surface area contributed by atoms with E-state index in [0.717, 1.165) is 70.1 Å². The minimum atomic E-state index is -0.757. The molecule has 0 amide bonds. The Morgan fingerprint density at radius 1 is 0.385 bits per heavy atom. The summed E-state index contributed by atoms with van der Waals surface area (Å²) >= 11 is 0. The highest BCUT2D eigenvalue weighted by Crippen LogP contribution is 2.17. The summed E-state index contributed by atoms with van der Waals surface area (Å²) in [6, 6.07) is 0. The molecule has 0 saturated carbocycles. The van der Waals surface area contributed by atoms with Gasteiger partial charge in [0.05, 0.1) is 0 Å². The highest BCUT2D eigenvalue weighted by Gasteiger charge is 2.19. The van der Waals surface area contributed by atoms with E-state index in [2.05, 4.69) is 27.7 Å². The third-order valence-corrected chi connectivity index (χ3v) is 10.7. The van der Waals surface area contributed by atoms with Gasteiger partial charge in [0, 0.05) is 19.3 Å². The Kier molecular flexibility index (Phi) is 39.4. The van der Waals surface area contributed by atoms with Crippen LogP contribution in [0.5, 0.6) is 0 Å². The molecular formula is C46H88O6. The van der Waals surface area contributed by atoms with Crippen LogP contribution in [0.15, 0.2) is 0 Å². The van der Waals surface area contributed by atoms with Gasteiger partial charge in [-0.2, -0.15) is 0 Å². The Labute approximate surface area is 323 Å². The second kappa shape index (κ2) is 40.6. The first kappa shape index (κ1) is 50.4. The average molecular weight is 737 g/mol. The van der Waals surface area contributed by atoms with E-state index in [-0.39, 0.29) is 31.1 Å². The molecule has 2 atom stereocenters. The Bertz CT molecular complexity index is 783. The van der Waals surface area contributed by atoms with E-state index in [0.29, 0.717) is 19.3 Å². The van der Waals surface area contributed by atoms with Crippen molar-refractivity contribution in [2.45, 2.75) is 259 Å². The van der Waals surface area contributed by atoms with Crippen LogP contribution in [-0.2, 0) is 28.6 Å². The number of carbonyl (C=O) groups is 3. The number of esters is 3. The zero-order chi connectivity index (χ0) is 38.2. The molecule has 0 aliphatic carbocycles. The van der Waals surface area contributed by atoms with E-state index in [1.165, 1.54) is 141 Å². The normalized spacial score (nSPS) is 12.5. The van der Waals surface area contributed by atoms with Crippen LogP contribution >= 0.6 is 0 Å². The molecule has 0 N–H and O–H groups in total. The van der Waals surface area contributed by atoms with Gasteiger partial charge in [0.25, 0.3) is 0 Å². The van der Waals surface area contributed by atoms with Gasteiger partial charge in [-0.25, -0.2) is 0 Å². The number of ether oxygens (including phenoxy) is 3. The Morgan fingerprint density at radius 3 is 1.00 bits per heavy atom. The van der Waals surface area contributed by atoms with Crippen molar-refractivity contribution in [3.05, 3.63) is 0 Å². The summed E-state index contributed by atoms with van der Waals surface area (Å²) in [5.74, 6) is 0.0274. The summed E-state index contributed by atoms with van der Waals surface area (Å²) in [7, 11) is 0. The topological polar surface area (TPSA) is 78.9 Å². The molecule has 0 aromatic rings. The summed E-state index contributed by atoms with van der Waals surface area (Å²) < 4.78 is 16.6. The third kappa shape index (κ3) is 38.1. The molecule has 308 valence electrons. The van der Waals surface area contributed by atoms with Crippen LogP contribution < -0.4 is 0 Å². The zero-order valence-electron chi connectivity index (χ0n) is 35.3. The fourth-order valence-corrected chi connectivity index (χ4v) is 6.77. The number of unbranched alkanes of at least 4 members (excludes halogenated alkanes) is 27. The summed E-state index contributed by atoms with van der Waals surface area (Å²) in [5.41, 5.74) is 0. The molecule has 0 aromatic carbocycles. The first-order valence-electron chi connectivity index (χ1n) is 22.9. The quantitative estimate of drug-likeness (QED) is 0.0353. The lowest BCUT2D eigenvalue weighted by atomic mass is 9.99. The van der Waals surface area contributed by atoms with Crippen molar-refractivity contribution in [1.29, 1.82) is 0 Å². The zero-order valence-corrected chi connectivity index (χ0v) is 35.3. The SMILES string of the molecule is CCCCCCCCCCCCCC(=O)O[C@@H](COC(=O)CCCCCCC)COC(=O)CCCCCCCCCCCCCCCCC(C)CC. The van der Waals surface area contributed by atoms with Gasteiger partial charge >= 0.3 is 17.9 Å². The maximum absolute atomic E-state index is 12.6. The van der Waals surface area contributed by atoms with Gasteiger partial charge in [-0.1, -0.05) is 214 Å². The molecule has 0 spiro atoms. The second-order valence-corrected chi connectivity index (χ2v) is 15.9. The van der Waals surface area contributed by atoms with Crippen LogP contribution in [0.2, 0.25) is 0 Å². The Hall–Kier alpha value is -1.59. The number of rotatable bonds is 41. The van der Waals surface area contributed by atoms with Crippen LogP contribution in [0, 0.1) is 5.92 Å². The summed E-state index contributed by atoms with van der Waals surface area (Å²) in [5, 5.41) is 0. The van der Waals surface area contributed by atoms with Crippen molar-refractivity contribution in [1.82, 2.24) is 0 Å². The smallest absolute Gasteiger partial charge is 0.306 e. The van der Waals surface area contributed by atoms with Crippen molar-refractivity contribution in [2.24, 2.45) is 5.92 Å². The predicted octanol–water partition coefficient (Wildman–Crippen LogP) is 14.3. The number of hydrogen-bond donors (Lipinski definition) is 0. The number of hydrogen-bond acceptors (Lipinski definition) is 6. The lowest BCUT2D eigenvalue weighted by Crippen LogP contribution is -2.30. The molecule has 6 nitrogen and oxygen atoms in total. The average Bonchev–Trinajstić information content (AvgIpc) is 3.14. The van der Waals surface area contributed by atoms with Crippen LogP contribution in [0.25, 0.3) is 0 Å². The predicted molar refractivity (Wildman–Crippen MR) is 220 cm³/mol. The standard InChI is InChI=1S/C46H88O6/c1-5-8-10-12-13-14-19-24-27-31-35-39-46(49)52-43(40-50-44(47)37-33-28-11-9-6-2)41-51-45(48)38-34-30-26-23-21-18-16-15-17-20-22-25-29-32-36-42(4)7-3/h42-43H,5-41H2,1-4H3/t42?,43-/m0/s1. The molecule has 0 fully saturated rings. The van der Waals surface area contributed by atoms with Crippen LogP contribution in [-0.4, -0.2) is 37.2 Å². The van der Waals surface area contributed by atoms with E-state index >= 15 is 0 Å². The lowest BCUT2D eigenvalue weighted by molar-refractivity contribution is -0.167. The van der Waals surface area contributed by atoms with Gasteiger partial charge in [0.1, 0.15) is 13.2 Å². The highest BCUT2D eigenvalue weighted by molar-refractivity contribution is 5.71. The van der Waals surface area contributed by atoms with E-state index < -0.39 is 6.10 Å². The summed E-state index contributed by atoms with van der Waals surface area (Å²) in [6.07, 6.45) is 39.7. The van der Waals surface area contributed by atoms with Gasteiger partial charge in [0.2, 0.25) is 0 Å². The van der Waals surface area contributed by atoms with Crippen molar-refractivity contribution in [3.8, 4) is 0 Å².